The second kappa shape index (κ2) is 4.69. The van der Waals surface area contributed by atoms with Crippen LogP contribution in [-0.4, -0.2) is 15.6 Å². The fraction of sp³-hybridized carbons (Fsp3) is 0.750. The minimum absolute atomic E-state index is 0.104. The van der Waals surface area contributed by atoms with Crippen molar-refractivity contribution in [3.63, 3.8) is 0 Å². The van der Waals surface area contributed by atoms with Crippen LogP contribution in [0.2, 0.25) is 0 Å². The highest BCUT2D eigenvalue weighted by Gasteiger charge is 2.49. The van der Waals surface area contributed by atoms with Crippen molar-refractivity contribution in [3.05, 3.63) is 28.9 Å². The largest absolute Gasteiger partial charge is 0.347 e. The van der Waals surface area contributed by atoms with Gasteiger partial charge in [0.15, 0.2) is 0 Å². The molecule has 1 unspecified atom stereocenters. The van der Waals surface area contributed by atoms with Gasteiger partial charge >= 0.3 is 5.69 Å². The van der Waals surface area contributed by atoms with Gasteiger partial charge in [0.2, 0.25) is 0 Å². The molecule has 0 aromatic carbocycles. The highest BCUT2D eigenvalue weighted by Crippen LogP contribution is 2.57. The Morgan fingerprint density at radius 2 is 1.85 bits per heavy atom. The van der Waals surface area contributed by atoms with Gasteiger partial charge in [-0.1, -0.05) is 0 Å². The van der Waals surface area contributed by atoms with Gasteiger partial charge in [0.1, 0.15) is 0 Å². The minimum Gasteiger partial charge on any atom is -0.326 e. The summed E-state index contributed by atoms with van der Waals surface area (Å²) in [4.78, 5) is 15.6. The summed E-state index contributed by atoms with van der Waals surface area (Å²) in [5.41, 5.74) is 6.34. The molecule has 4 fully saturated rings. The number of hydrogen-bond acceptors (Lipinski definition) is 3. The molecule has 1 aromatic rings. The van der Waals surface area contributed by atoms with E-state index >= 15 is 0 Å². The molecule has 4 aliphatic carbocycles. The van der Waals surface area contributed by atoms with E-state index in [1.807, 2.05) is 12.3 Å². The highest BCUT2D eigenvalue weighted by molar-refractivity contribution is 5.01. The predicted octanol–water partition coefficient (Wildman–Crippen LogP) is 1.64. The number of aromatic nitrogens is 2. The Hall–Kier alpha value is -1.16. The van der Waals surface area contributed by atoms with Crippen molar-refractivity contribution in [2.24, 2.45) is 35.3 Å². The number of nitrogens with two attached hydrogens (primary N) is 1. The van der Waals surface area contributed by atoms with E-state index in [9.17, 15) is 4.79 Å². The van der Waals surface area contributed by atoms with Gasteiger partial charge in [0.05, 0.1) is 0 Å². The van der Waals surface area contributed by atoms with Gasteiger partial charge in [0.25, 0.3) is 0 Å². The molecule has 4 bridgehead atoms. The summed E-state index contributed by atoms with van der Waals surface area (Å²) in [6, 6.07) is 1.91. The van der Waals surface area contributed by atoms with E-state index in [1.54, 1.807) is 10.8 Å². The van der Waals surface area contributed by atoms with E-state index in [2.05, 4.69) is 4.98 Å². The Kier molecular flexibility index (Phi) is 2.95. The van der Waals surface area contributed by atoms with Crippen LogP contribution in [0.15, 0.2) is 23.3 Å². The normalized spacial score (nSPS) is 40.0. The predicted molar refractivity (Wildman–Crippen MR) is 77.0 cm³/mol. The molecule has 1 atom stereocenters. The first kappa shape index (κ1) is 12.6. The molecule has 0 amide bonds. The zero-order valence-corrected chi connectivity index (χ0v) is 11.8. The van der Waals surface area contributed by atoms with Gasteiger partial charge in [-0.2, -0.15) is 0 Å². The van der Waals surface area contributed by atoms with Crippen LogP contribution in [0.5, 0.6) is 0 Å². The monoisotopic (exact) mass is 273 g/mol. The SMILES string of the molecule is NC(Cn1cccnc1=O)C1C2CC3CC(C2)CC1C3. The first-order valence-corrected chi connectivity index (χ1v) is 7.97. The summed E-state index contributed by atoms with van der Waals surface area (Å²) < 4.78 is 1.68. The number of hydrogen-bond donors (Lipinski definition) is 1. The zero-order chi connectivity index (χ0) is 13.7. The summed E-state index contributed by atoms with van der Waals surface area (Å²) in [6.45, 7) is 0.625. The maximum absolute atomic E-state index is 11.7. The third kappa shape index (κ3) is 2.01. The van der Waals surface area contributed by atoms with Crippen LogP contribution in [0.3, 0.4) is 0 Å². The lowest BCUT2D eigenvalue weighted by Crippen LogP contribution is -2.53. The van der Waals surface area contributed by atoms with Crippen LogP contribution in [0.4, 0.5) is 0 Å². The minimum atomic E-state index is -0.174. The van der Waals surface area contributed by atoms with Gasteiger partial charge < -0.3 is 5.73 Å². The lowest BCUT2D eigenvalue weighted by atomic mass is 9.50. The van der Waals surface area contributed by atoms with Crippen LogP contribution in [-0.2, 0) is 6.54 Å². The van der Waals surface area contributed by atoms with Crippen molar-refractivity contribution in [3.8, 4) is 0 Å². The average Bonchev–Trinajstić information content (AvgIpc) is 2.40. The fourth-order valence-electron chi connectivity index (χ4n) is 5.54. The van der Waals surface area contributed by atoms with Crippen LogP contribution in [0.25, 0.3) is 0 Å². The number of rotatable bonds is 3. The molecule has 4 nitrogen and oxygen atoms in total. The van der Waals surface area contributed by atoms with Crippen LogP contribution < -0.4 is 11.4 Å². The first-order chi connectivity index (χ1) is 9.70. The summed E-state index contributed by atoms with van der Waals surface area (Å²) in [5.74, 6) is 4.20. The molecule has 4 saturated carbocycles. The topological polar surface area (TPSA) is 60.9 Å². The van der Waals surface area contributed by atoms with Crippen molar-refractivity contribution in [2.45, 2.75) is 44.7 Å². The molecule has 4 aliphatic rings. The number of nitrogens with zero attached hydrogens (tertiary/aromatic N) is 2. The molecule has 0 radical (unpaired) electrons. The van der Waals surface area contributed by atoms with E-state index in [1.165, 1.54) is 32.1 Å². The summed E-state index contributed by atoms with van der Waals surface area (Å²) in [7, 11) is 0. The zero-order valence-electron chi connectivity index (χ0n) is 11.8. The molecule has 5 rings (SSSR count). The molecule has 1 aromatic heterocycles. The second-order valence-corrected chi connectivity index (χ2v) is 7.23. The fourth-order valence-corrected chi connectivity index (χ4v) is 5.54. The first-order valence-electron chi connectivity index (χ1n) is 7.97. The Bertz CT molecular complexity index is 525. The standard InChI is InChI=1S/C16H23N3O/c17-14(9-19-3-1-2-18-16(19)20)15-12-5-10-4-11(7-12)8-13(15)6-10/h1-3,10-15H,4-9,17H2. The molecule has 0 saturated heterocycles. The second-order valence-electron chi connectivity index (χ2n) is 7.23. The van der Waals surface area contributed by atoms with E-state index in [0.29, 0.717) is 12.5 Å². The summed E-state index contributed by atoms with van der Waals surface area (Å²) in [6.07, 6.45) is 10.4. The quantitative estimate of drug-likeness (QED) is 0.910. The molecule has 2 N–H and O–H groups in total. The Balaban J connectivity index is 1.53. The van der Waals surface area contributed by atoms with E-state index in [0.717, 1.165) is 23.7 Å². The maximum Gasteiger partial charge on any atom is 0.347 e. The molecule has 0 aliphatic heterocycles. The summed E-state index contributed by atoms with van der Waals surface area (Å²) >= 11 is 0. The third-order valence-corrected chi connectivity index (χ3v) is 5.98. The van der Waals surface area contributed by atoms with Crippen molar-refractivity contribution in [1.82, 2.24) is 9.55 Å². The highest BCUT2D eigenvalue weighted by atomic mass is 16.1. The van der Waals surface area contributed by atoms with Gasteiger partial charge in [-0.25, -0.2) is 9.78 Å². The molecular weight excluding hydrogens is 250 g/mol. The molecule has 108 valence electrons. The van der Waals surface area contributed by atoms with Crippen LogP contribution >= 0.6 is 0 Å². The maximum atomic E-state index is 11.7. The summed E-state index contributed by atoms with van der Waals surface area (Å²) in [5, 5.41) is 0. The van der Waals surface area contributed by atoms with Gasteiger partial charge in [-0.05, 0) is 67.8 Å². The Morgan fingerprint density at radius 1 is 1.20 bits per heavy atom. The van der Waals surface area contributed by atoms with Crippen molar-refractivity contribution in [2.75, 3.05) is 0 Å². The Labute approximate surface area is 119 Å². The average molecular weight is 273 g/mol. The van der Waals surface area contributed by atoms with E-state index in [4.69, 9.17) is 5.73 Å². The van der Waals surface area contributed by atoms with E-state index in [-0.39, 0.29) is 11.7 Å². The van der Waals surface area contributed by atoms with Gasteiger partial charge in [-0.3, -0.25) is 4.57 Å². The van der Waals surface area contributed by atoms with Crippen LogP contribution in [0.1, 0.15) is 32.1 Å². The molecule has 4 heteroatoms. The lowest BCUT2D eigenvalue weighted by Gasteiger charge is -2.56. The van der Waals surface area contributed by atoms with Crippen molar-refractivity contribution >= 4 is 0 Å². The molecule has 1 heterocycles. The molecule has 20 heavy (non-hydrogen) atoms. The molecular formula is C16H23N3O. The van der Waals surface area contributed by atoms with Crippen molar-refractivity contribution < 1.29 is 0 Å². The lowest BCUT2D eigenvalue weighted by molar-refractivity contribution is -0.0486. The van der Waals surface area contributed by atoms with Gasteiger partial charge in [0, 0.05) is 25.0 Å². The molecule has 0 spiro atoms. The van der Waals surface area contributed by atoms with Gasteiger partial charge in [-0.15, -0.1) is 0 Å². The van der Waals surface area contributed by atoms with E-state index < -0.39 is 0 Å². The Morgan fingerprint density at radius 3 is 2.45 bits per heavy atom. The third-order valence-electron chi connectivity index (χ3n) is 5.98. The van der Waals surface area contributed by atoms with Crippen molar-refractivity contribution in [1.29, 1.82) is 0 Å². The smallest absolute Gasteiger partial charge is 0.326 e. The van der Waals surface area contributed by atoms with Crippen LogP contribution in [0, 0.1) is 29.6 Å².